The Labute approximate surface area is 401 Å². The van der Waals surface area contributed by atoms with E-state index in [4.69, 9.17) is 22.9 Å². The molecule has 26 heteroatoms. The molecule has 0 aliphatic carbocycles. The molecule has 376 valence electrons. The maximum atomic E-state index is 14.5. The highest BCUT2D eigenvalue weighted by Gasteiger charge is 2.41. The number of nitrogens with one attached hydrogen (secondary N) is 7. The summed E-state index contributed by atoms with van der Waals surface area (Å²) in [5, 5.41) is 27.4. The molecule has 0 radical (unpaired) electrons. The van der Waals surface area contributed by atoms with E-state index in [0.717, 1.165) is 21.6 Å². The van der Waals surface area contributed by atoms with Crippen LogP contribution in [-0.4, -0.2) is 148 Å². The predicted octanol–water partition coefficient (Wildman–Crippen LogP) is -4.00. The van der Waals surface area contributed by atoms with Crippen LogP contribution in [0.1, 0.15) is 71.8 Å². The summed E-state index contributed by atoms with van der Waals surface area (Å²) in [5.41, 5.74) is 22.9. The first-order valence-electron chi connectivity index (χ1n) is 22.0. The third kappa shape index (κ3) is 17.8. The number of aromatic hydroxyl groups is 1. The van der Waals surface area contributed by atoms with E-state index >= 15 is 0 Å². The van der Waals surface area contributed by atoms with Crippen molar-refractivity contribution in [1.82, 2.24) is 42.1 Å². The molecule has 1 aromatic rings. The topological polar surface area (TPSA) is 400 Å². The first kappa shape index (κ1) is 56.2. The molecule has 68 heavy (non-hydrogen) atoms. The Hall–Kier alpha value is -6.15. The highest BCUT2D eigenvalue weighted by Crippen LogP contribution is 2.26. The van der Waals surface area contributed by atoms with Gasteiger partial charge < -0.3 is 70.2 Å². The van der Waals surface area contributed by atoms with Gasteiger partial charge in [0.05, 0.1) is 25.4 Å². The molecule has 2 aliphatic heterocycles. The number of carbonyl (C=O) groups excluding carboxylic acids is 11. The van der Waals surface area contributed by atoms with Crippen LogP contribution >= 0.6 is 21.6 Å². The molecule has 2 unspecified atom stereocenters. The average Bonchev–Trinajstić information content (AvgIpc) is 3.77. The zero-order valence-electron chi connectivity index (χ0n) is 38.4. The van der Waals surface area contributed by atoms with Gasteiger partial charge in [-0.05, 0) is 48.8 Å². The lowest BCUT2D eigenvalue weighted by Gasteiger charge is -2.31. The standard InChI is InChI=1S/C42H64N12O12S2/c1-5-21(4)34-41(65)51-28(16-32(45)57)37(61)49-27(15-31(44)56)38(62)52-29(19-68-67-18-24(43)35(59)48-26(39(63)53-34)14-22-8-10-23(55)11-9-22)42(66)54-12-6-7-30(54)40(64)50-25(13-20(2)3)36(60)47-17-33(46)58/h8-11,20-21,24-30,34,55H,5-7,12-19,43H2,1-4H3,(H2,44,56)(H2,45,57)(H2,46,58)(H,47,60)(H,48,59)(H,49,61)(H,50,64)(H,51,65)(H,52,62)(H,53,63)/t21-,24-,25-,26-,27-,28-,29?,30-,34?/m0/s1. The van der Waals surface area contributed by atoms with Gasteiger partial charge in [0.1, 0.15) is 48.0 Å². The largest absolute Gasteiger partial charge is 0.508 e. The molecule has 16 N–H and O–H groups in total. The number of rotatable bonds is 16. The maximum Gasteiger partial charge on any atom is 0.246 e. The lowest BCUT2D eigenvalue weighted by molar-refractivity contribution is -0.142. The number of benzene rings is 1. The van der Waals surface area contributed by atoms with E-state index in [1.807, 2.05) is 13.8 Å². The van der Waals surface area contributed by atoms with Crippen LogP contribution in [0.3, 0.4) is 0 Å². The number of phenols is 1. The van der Waals surface area contributed by atoms with Crippen LogP contribution in [-0.2, 0) is 59.2 Å². The SMILES string of the molecule is CC[C@H](C)C1NC(=O)[C@H](Cc2ccc(O)cc2)NC(=O)[C@@H](N)CSSCC(C(=O)N2CCC[C@H]2C(=O)N[C@@H](CC(C)C)C(=O)NCC(N)=O)NC(=O)[C@H](CC(N)=O)NC(=O)[C@H](CC(N)=O)NC1=O. The molecule has 24 nitrogen and oxygen atoms in total. The molecule has 0 saturated carbocycles. The molecule has 0 bridgehead atoms. The van der Waals surface area contributed by atoms with Crippen molar-refractivity contribution in [1.29, 1.82) is 0 Å². The van der Waals surface area contributed by atoms with Crippen molar-refractivity contribution in [2.24, 2.45) is 34.8 Å². The van der Waals surface area contributed by atoms with Gasteiger partial charge in [0, 0.05) is 24.5 Å². The highest BCUT2D eigenvalue weighted by molar-refractivity contribution is 8.76. The minimum atomic E-state index is -1.79. The summed E-state index contributed by atoms with van der Waals surface area (Å²) in [6.45, 7) is 6.55. The third-order valence-corrected chi connectivity index (χ3v) is 13.5. The minimum Gasteiger partial charge on any atom is -0.508 e. The first-order chi connectivity index (χ1) is 32.0. The second-order valence-electron chi connectivity index (χ2n) is 17.1. The van der Waals surface area contributed by atoms with Gasteiger partial charge in [-0.25, -0.2) is 0 Å². The van der Waals surface area contributed by atoms with Crippen LogP contribution in [0.4, 0.5) is 0 Å². The number of primary amides is 3. The molecule has 0 spiro atoms. The molecule has 11 amide bonds. The van der Waals surface area contributed by atoms with Crippen LogP contribution in [0.2, 0.25) is 0 Å². The number of nitrogens with zero attached hydrogens (tertiary/aromatic N) is 1. The van der Waals surface area contributed by atoms with Crippen LogP contribution < -0.4 is 60.2 Å². The fraction of sp³-hybridized carbons (Fsp3) is 0.595. The lowest BCUT2D eigenvalue weighted by atomic mass is 9.96. The molecule has 2 heterocycles. The molecule has 9 atom stereocenters. The number of amides is 11. The Morgan fingerprint density at radius 3 is 1.90 bits per heavy atom. The van der Waals surface area contributed by atoms with Crippen molar-refractivity contribution in [3.05, 3.63) is 29.8 Å². The zero-order valence-corrected chi connectivity index (χ0v) is 40.0. The quantitative estimate of drug-likeness (QED) is 0.0703. The number of phenolic OH excluding ortho intramolecular Hbond substituents is 1. The summed E-state index contributed by atoms with van der Waals surface area (Å²) in [6, 6.07) is -5.38. The molecule has 0 aromatic heterocycles. The van der Waals surface area contributed by atoms with E-state index < -0.39 is 139 Å². The zero-order chi connectivity index (χ0) is 50.8. The fourth-order valence-corrected chi connectivity index (χ4v) is 9.48. The van der Waals surface area contributed by atoms with Crippen molar-refractivity contribution in [3.63, 3.8) is 0 Å². The van der Waals surface area contributed by atoms with Gasteiger partial charge >= 0.3 is 0 Å². The second kappa shape index (κ2) is 27.0. The van der Waals surface area contributed by atoms with E-state index in [1.165, 1.54) is 29.2 Å². The van der Waals surface area contributed by atoms with Gasteiger partial charge in [-0.2, -0.15) is 0 Å². The van der Waals surface area contributed by atoms with Crippen LogP contribution in [0.5, 0.6) is 5.75 Å². The lowest BCUT2D eigenvalue weighted by Crippen LogP contribution is -2.62. The Balaban J connectivity index is 2.04. The number of nitrogens with two attached hydrogens (primary N) is 4. The van der Waals surface area contributed by atoms with Crippen molar-refractivity contribution < 1.29 is 57.8 Å². The van der Waals surface area contributed by atoms with Gasteiger partial charge in [-0.15, -0.1) is 0 Å². The van der Waals surface area contributed by atoms with Crippen molar-refractivity contribution in [2.45, 2.75) is 121 Å². The molecule has 3 rings (SSSR count). The molecular weight excluding hydrogens is 929 g/mol. The van der Waals surface area contributed by atoms with Gasteiger partial charge in [0.15, 0.2) is 0 Å². The monoisotopic (exact) mass is 992 g/mol. The fourth-order valence-electron chi connectivity index (χ4n) is 7.20. The summed E-state index contributed by atoms with van der Waals surface area (Å²) >= 11 is 0. The molecule has 2 saturated heterocycles. The predicted molar refractivity (Wildman–Crippen MR) is 250 cm³/mol. The minimum absolute atomic E-state index is 0.0430. The third-order valence-electron chi connectivity index (χ3n) is 11.0. The van der Waals surface area contributed by atoms with E-state index in [1.54, 1.807) is 13.8 Å². The van der Waals surface area contributed by atoms with Gasteiger partial charge in [-0.3, -0.25) is 52.7 Å². The van der Waals surface area contributed by atoms with E-state index in [2.05, 4.69) is 37.2 Å². The highest BCUT2D eigenvalue weighted by atomic mass is 33.1. The molecular formula is C42H64N12O12S2. The average molecular weight is 993 g/mol. The van der Waals surface area contributed by atoms with Gasteiger partial charge in [-0.1, -0.05) is 67.8 Å². The Kier molecular flexibility index (Phi) is 22.3. The molecule has 1 aromatic carbocycles. The second-order valence-corrected chi connectivity index (χ2v) is 19.6. The Morgan fingerprint density at radius 2 is 1.32 bits per heavy atom. The number of hydrogen-bond donors (Lipinski definition) is 12. The van der Waals surface area contributed by atoms with Gasteiger partial charge in [0.2, 0.25) is 65.0 Å². The van der Waals surface area contributed by atoms with E-state index in [9.17, 15) is 57.8 Å². The van der Waals surface area contributed by atoms with Crippen LogP contribution in [0, 0.1) is 11.8 Å². The normalized spacial score (nSPS) is 24.5. The van der Waals surface area contributed by atoms with Crippen LogP contribution in [0.15, 0.2) is 24.3 Å². The first-order valence-corrected chi connectivity index (χ1v) is 24.5. The van der Waals surface area contributed by atoms with Crippen molar-refractivity contribution in [3.8, 4) is 5.75 Å². The number of likely N-dealkylation sites (tertiary alicyclic amines) is 1. The Bertz CT molecular complexity index is 2030. The molecule has 2 aliphatic rings. The van der Waals surface area contributed by atoms with Crippen LogP contribution in [0.25, 0.3) is 0 Å². The summed E-state index contributed by atoms with van der Waals surface area (Å²) in [6.07, 6.45) is -0.745. The summed E-state index contributed by atoms with van der Waals surface area (Å²) in [5.74, 6) is -10.9. The summed E-state index contributed by atoms with van der Waals surface area (Å²) in [7, 11) is 2.03. The molecule has 2 fully saturated rings. The van der Waals surface area contributed by atoms with Crippen molar-refractivity contribution in [2.75, 3.05) is 24.6 Å². The Morgan fingerprint density at radius 1 is 0.765 bits per heavy atom. The van der Waals surface area contributed by atoms with E-state index in [0.29, 0.717) is 18.4 Å². The maximum absolute atomic E-state index is 14.5. The number of carbonyl (C=O) groups is 11. The number of hydrogen-bond acceptors (Lipinski definition) is 15. The summed E-state index contributed by atoms with van der Waals surface area (Å²) in [4.78, 5) is 148. The van der Waals surface area contributed by atoms with Gasteiger partial charge in [0.25, 0.3) is 0 Å². The smallest absolute Gasteiger partial charge is 0.246 e. The van der Waals surface area contributed by atoms with E-state index in [-0.39, 0.29) is 49.0 Å². The summed E-state index contributed by atoms with van der Waals surface area (Å²) < 4.78 is 0. The van der Waals surface area contributed by atoms with Crippen molar-refractivity contribution >= 4 is 86.6 Å².